The Morgan fingerprint density at radius 3 is 2.32 bits per heavy atom. The molecule has 1 aliphatic heterocycles. The quantitative estimate of drug-likeness (QED) is 0.453. The molecule has 0 aromatic heterocycles. The molecule has 2 aromatic carbocycles. The van der Waals surface area contributed by atoms with Crippen LogP contribution in [0.3, 0.4) is 0 Å². The highest BCUT2D eigenvalue weighted by Gasteiger charge is 2.43. The zero-order valence-corrected chi connectivity index (χ0v) is 21.2. The third-order valence-electron chi connectivity index (χ3n) is 5.97. The van der Waals surface area contributed by atoms with Crippen LogP contribution in [0.1, 0.15) is 30.6 Å². The second-order valence-electron chi connectivity index (χ2n) is 8.70. The van der Waals surface area contributed by atoms with Crippen LogP contribution in [0.2, 0.25) is 5.02 Å². The Kier molecular flexibility index (Phi) is 7.36. The number of fused-ring (bicyclic) bond motifs is 1. The Bertz CT molecular complexity index is 1330. The number of amides is 2. The van der Waals surface area contributed by atoms with Gasteiger partial charge in [0.2, 0.25) is 0 Å². The molecule has 10 nitrogen and oxygen atoms in total. The smallest absolute Gasteiger partial charge is 0.484 e. The number of carbonyl (C=O) groups is 3. The maximum atomic E-state index is 13.1. The first kappa shape index (κ1) is 27.0. The van der Waals surface area contributed by atoms with Gasteiger partial charge in [0.1, 0.15) is 11.5 Å². The molecule has 0 radical (unpaired) electrons. The number of nitrogens with one attached hydrogen (secondary N) is 2. The highest BCUT2D eigenvalue weighted by atomic mass is 35.5. The molecule has 202 valence electrons. The third kappa shape index (κ3) is 5.91. The Morgan fingerprint density at radius 2 is 1.63 bits per heavy atom. The Balaban J connectivity index is 1.25. The molecule has 1 heterocycles. The summed E-state index contributed by atoms with van der Waals surface area (Å²) in [6.45, 7) is 2.86. The van der Waals surface area contributed by atoms with Crippen molar-refractivity contribution in [1.82, 2.24) is 10.6 Å². The Hall–Kier alpha value is -4.06. The molecular weight excluding hydrogens is 530 g/mol. The van der Waals surface area contributed by atoms with Crippen LogP contribution in [0.5, 0.6) is 23.0 Å². The molecule has 1 atom stereocenters. The van der Waals surface area contributed by atoms with Crippen molar-refractivity contribution in [2.24, 2.45) is 0 Å². The van der Waals surface area contributed by atoms with Gasteiger partial charge in [-0.15, -0.1) is 8.78 Å². The van der Waals surface area contributed by atoms with Crippen LogP contribution in [0, 0.1) is 0 Å². The van der Waals surface area contributed by atoms with E-state index in [4.69, 9.17) is 21.1 Å². The number of rotatable bonds is 9. The van der Waals surface area contributed by atoms with Crippen molar-refractivity contribution in [3.05, 3.63) is 58.3 Å². The largest absolute Gasteiger partial charge is 0.586 e. The van der Waals surface area contributed by atoms with Crippen LogP contribution < -0.4 is 29.6 Å². The zero-order chi connectivity index (χ0) is 27.7. The van der Waals surface area contributed by atoms with E-state index < -0.39 is 29.6 Å². The molecule has 0 spiro atoms. The molecule has 2 amide bonds. The number of alkyl halides is 2. The molecule has 2 N–H and O–H groups in total. The summed E-state index contributed by atoms with van der Waals surface area (Å²) >= 11 is 5.97. The van der Waals surface area contributed by atoms with Crippen molar-refractivity contribution in [2.75, 3.05) is 20.3 Å². The van der Waals surface area contributed by atoms with Gasteiger partial charge in [-0.25, -0.2) is 4.79 Å². The zero-order valence-electron chi connectivity index (χ0n) is 20.5. The maximum absolute atomic E-state index is 13.1. The first-order valence-electron chi connectivity index (χ1n) is 11.2. The fourth-order valence-electron chi connectivity index (χ4n) is 3.85. The molecule has 2 aliphatic rings. The lowest BCUT2D eigenvalue weighted by Crippen LogP contribution is -2.56. The fraction of sp³-hybridized carbons (Fsp3) is 0.320. The lowest BCUT2D eigenvalue weighted by molar-refractivity contribution is -0.286. The Labute approximate surface area is 220 Å². The molecular formula is C25H23ClF2N2O8. The van der Waals surface area contributed by atoms with Crippen molar-refractivity contribution < 1.29 is 46.8 Å². The van der Waals surface area contributed by atoms with E-state index in [0.717, 1.165) is 5.57 Å². The van der Waals surface area contributed by atoms with Crippen LogP contribution in [0.4, 0.5) is 8.78 Å². The van der Waals surface area contributed by atoms with E-state index in [-0.39, 0.29) is 46.8 Å². The number of esters is 1. The van der Waals surface area contributed by atoms with E-state index in [0.29, 0.717) is 12.1 Å². The standard InChI is InChI=1S/C25H23ClF2N2O8/c1-13-18(29-21(31)11-35-14-4-6-17(26)16(8-14)23(33)34-3)10-24(13,2)30-22(32)12-36-15-5-7-19-20(9-15)38-25(27,28)37-19/h4-9H,10-12H2,1-3H3,(H,29,31)(H,30,32). The summed E-state index contributed by atoms with van der Waals surface area (Å²) < 4.78 is 50.4. The summed E-state index contributed by atoms with van der Waals surface area (Å²) in [5.41, 5.74) is 0.765. The van der Waals surface area contributed by atoms with E-state index in [1.54, 1.807) is 13.8 Å². The molecule has 0 bridgehead atoms. The number of carbonyl (C=O) groups excluding carboxylic acids is 3. The predicted octanol–water partition coefficient (Wildman–Crippen LogP) is 3.57. The van der Waals surface area contributed by atoms with Crippen molar-refractivity contribution in [1.29, 1.82) is 0 Å². The van der Waals surface area contributed by atoms with Crippen LogP contribution in [0.25, 0.3) is 0 Å². The minimum absolute atomic E-state index is 0.111. The summed E-state index contributed by atoms with van der Waals surface area (Å²) in [5, 5.41) is 5.76. The number of benzene rings is 2. The van der Waals surface area contributed by atoms with Gasteiger partial charge in [-0.1, -0.05) is 11.6 Å². The fourth-order valence-corrected chi connectivity index (χ4v) is 4.04. The lowest BCUT2D eigenvalue weighted by atomic mass is 9.75. The van der Waals surface area contributed by atoms with E-state index in [1.807, 2.05) is 0 Å². The number of hydrogen-bond acceptors (Lipinski definition) is 8. The number of hydrogen-bond donors (Lipinski definition) is 2. The molecule has 13 heteroatoms. The van der Waals surface area contributed by atoms with Crippen molar-refractivity contribution in [2.45, 2.75) is 32.1 Å². The minimum Gasteiger partial charge on any atom is -0.484 e. The summed E-state index contributed by atoms with van der Waals surface area (Å²) in [5.74, 6) is -1.43. The van der Waals surface area contributed by atoms with Gasteiger partial charge < -0.3 is 34.3 Å². The van der Waals surface area contributed by atoms with Gasteiger partial charge in [0.05, 0.1) is 23.2 Å². The molecule has 1 unspecified atom stereocenters. The minimum atomic E-state index is -3.75. The summed E-state index contributed by atoms with van der Waals surface area (Å²) in [6.07, 6.45) is -3.40. The van der Waals surface area contributed by atoms with Crippen LogP contribution in [-0.4, -0.2) is 49.9 Å². The highest BCUT2D eigenvalue weighted by Crippen LogP contribution is 2.42. The average molecular weight is 553 g/mol. The number of halogens is 3. The van der Waals surface area contributed by atoms with E-state index >= 15 is 0 Å². The second kappa shape index (κ2) is 10.4. The summed E-state index contributed by atoms with van der Waals surface area (Å²) in [6, 6.07) is 8.20. The predicted molar refractivity (Wildman–Crippen MR) is 128 cm³/mol. The van der Waals surface area contributed by atoms with Crippen molar-refractivity contribution in [3.8, 4) is 23.0 Å². The van der Waals surface area contributed by atoms with Gasteiger partial charge in [0.25, 0.3) is 11.8 Å². The average Bonchev–Trinajstić information content (AvgIpc) is 3.19. The van der Waals surface area contributed by atoms with Gasteiger partial charge in [-0.3, -0.25) is 9.59 Å². The topological polar surface area (TPSA) is 121 Å². The SMILES string of the molecule is COC(=O)c1cc(OCC(=O)NC2=C(C)C(C)(NC(=O)COc3ccc4c(c3)OC(F)(F)O4)C2)ccc1Cl. The summed E-state index contributed by atoms with van der Waals surface area (Å²) in [4.78, 5) is 36.5. The third-order valence-corrected chi connectivity index (χ3v) is 6.30. The molecule has 4 rings (SSSR count). The molecule has 0 saturated carbocycles. The van der Waals surface area contributed by atoms with E-state index in [9.17, 15) is 23.2 Å². The molecule has 0 fully saturated rings. The van der Waals surface area contributed by atoms with Crippen molar-refractivity contribution in [3.63, 3.8) is 0 Å². The Morgan fingerprint density at radius 1 is 1.00 bits per heavy atom. The lowest BCUT2D eigenvalue weighted by Gasteiger charge is -2.42. The summed E-state index contributed by atoms with van der Waals surface area (Å²) in [7, 11) is 1.22. The van der Waals surface area contributed by atoms with E-state index in [2.05, 4.69) is 24.8 Å². The van der Waals surface area contributed by atoms with Gasteiger partial charge >= 0.3 is 12.3 Å². The molecule has 0 saturated heterocycles. The van der Waals surface area contributed by atoms with Crippen LogP contribution in [-0.2, 0) is 14.3 Å². The van der Waals surface area contributed by atoms with Gasteiger partial charge in [0, 0.05) is 18.2 Å². The van der Waals surface area contributed by atoms with E-state index in [1.165, 1.54) is 43.5 Å². The highest BCUT2D eigenvalue weighted by molar-refractivity contribution is 6.33. The normalized spacial score (nSPS) is 18.8. The number of methoxy groups -OCH3 is 1. The number of ether oxygens (including phenoxy) is 5. The van der Waals surface area contributed by atoms with Gasteiger partial charge in [-0.05, 0) is 49.8 Å². The van der Waals surface area contributed by atoms with Gasteiger partial charge in [-0.2, -0.15) is 0 Å². The van der Waals surface area contributed by atoms with Gasteiger partial charge in [0.15, 0.2) is 24.7 Å². The van der Waals surface area contributed by atoms with Crippen LogP contribution >= 0.6 is 11.6 Å². The first-order chi connectivity index (χ1) is 17.9. The molecule has 2 aromatic rings. The molecule has 38 heavy (non-hydrogen) atoms. The van der Waals surface area contributed by atoms with Crippen LogP contribution in [0.15, 0.2) is 47.7 Å². The second-order valence-corrected chi connectivity index (χ2v) is 9.10. The maximum Gasteiger partial charge on any atom is 0.586 e. The monoisotopic (exact) mass is 552 g/mol. The molecule has 1 aliphatic carbocycles. The first-order valence-corrected chi connectivity index (χ1v) is 11.6. The van der Waals surface area contributed by atoms with Crippen molar-refractivity contribution >= 4 is 29.4 Å².